The van der Waals surface area contributed by atoms with Crippen LogP contribution in [0.1, 0.15) is 40.0 Å². The molecule has 1 unspecified atom stereocenters. The van der Waals surface area contributed by atoms with Gasteiger partial charge in [-0.2, -0.15) is 0 Å². The van der Waals surface area contributed by atoms with Crippen LogP contribution in [0.5, 0.6) is 0 Å². The van der Waals surface area contributed by atoms with Crippen molar-refractivity contribution in [2.45, 2.75) is 40.0 Å². The van der Waals surface area contributed by atoms with E-state index in [0.717, 1.165) is 25.4 Å². The average molecular weight is 226 g/mol. The number of carbonyl (C=O) groups excluding carboxylic acids is 1. The molecule has 0 aromatic carbocycles. The van der Waals surface area contributed by atoms with Gasteiger partial charge in [-0.15, -0.1) is 0 Å². The number of hydrogen-bond acceptors (Lipinski definition) is 2. The first-order valence-electron chi connectivity index (χ1n) is 6.59. The van der Waals surface area contributed by atoms with Gasteiger partial charge >= 0.3 is 0 Å². The monoisotopic (exact) mass is 226 g/mol. The summed E-state index contributed by atoms with van der Waals surface area (Å²) >= 11 is 0. The quantitative estimate of drug-likeness (QED) is 0.726. The average Bonchev–Trinajstić information content (AvgIpc) is 2.24. The summed E-state index contributed by atoms with van der Waals surface area (Å²) in [6.07, 6.45) is 3.78. The molecule has 3 nitrogen and oxygen atoms in total. The topological polar surface area (TPSA) is 32.3 Å². The van der Waals surface area contributed by atoms with E-state index in [4.69, 9.17) is 0 Å². The number of carbonyl (C=O) groups is 1. The van der Waals surface area contributed by atoms with E-state index in [-0.39, 0.29) is 11.8 Å². The zero-order chi connectivity index (χ0) is 12.0. The van der Waals surface area contributed by atoms with Crippen molar-refractivity contribution in [3.8, 4) is 0 Å². The molecule has 1 heterocycles. The molecule has 0 saturated carbocycles. The fourth-order valence-electron chi connectivity index (χ4n) is 2.21. The van der Waals surface area contributed by atoms with Crippen LogP contribution in [0.15, 0.2) is 0 Å². The third-order valence-electron chi connectivity index (χ3n) is 3.22. The molecule has 16 heavy (non-hydrogen) atoms. The van der Waals surface area contributed by atoms with Gasteiger partial charge in [0.15, 0.2) is 0 Å². The molecule has 1 rings (SSSR count). The van der Waals surface area contributed by atoms with E-state index >= 15 is 0 Å². The van der Waals surface area contributed by atoms with Crippen molar-refractivity contribution in [1.82, 2.24) is 10.2 Å². The summed E-state index contributed by atoms with van der Waals surface area (Å²) in [7, 11) is 0. The van der Waals surface area contributed by atoms with Crippen molar-refractivity contribution in [3.63, 3.8) is 0 Å². The summed E-state index contributed by atoms with van der Waals surface area (Å²) in [6, 6.07) is 0. The fraction of sp³-hybridized carbons (Fsp3) is 0.923. The maximum absolute atomic E-state index is 11.3. The van der Waals surface area contributed by atoms with Crippen LogP contribution < -0.4 is 5.32 Å². The van der Waals surface area contributed by atoms with Gasteiger partial charge in [-0.3, -0.25) is 4.79 Å². The summed E-state index contributed by atoms with van der Waals surface area (Å²) in [5, 5.41) is 2.97. The van der Waals surface area contributed by atoms with Gasteiger partial charge in [-0.05, 0) is 38.3 Å². The van der Waals surface area contributed by atoms with Gasteiger partial charge in [0, 0.05) is 19.0 Å². The summed E-state index contributed by atoms with van der Waals surface area (Å²) in [5.74, 6) is 1.13. The molecular weight excluding hydrogens is 200 g/mol. The normalized spacial score (nSPS) is 22.4. The zero-order valence-corrected chi connectivity index (χ0v) is 11.0. The standard InChI is InChI=1S/C13H26N2O/c1-11(2)13(16)14-7-5-9-15-8-4-6-12(3)10-15/h11-12H,4-10H2,1-3H3,(H,14,16). The summed E-state index contributed by atoms with van der Waals surface area (Å²) in [5.41, 5.74) is 0. The van der Waals surface area contributed by atoms with Crippen LogP contribution in [0.25, 0.3) is 0 Å². The molecular formula is C13H26N2O. The first-order chi connectivity index (χ1) is 7.59. The number of likely N-dealkylation sites (tertiary alicyclic amines) is 1. The third-order valence-corrected chi connectivity index (χ3v) is 3.22. The van der Waals surface area contributed by atoms with Crippen LogP contribution in [0.3, 0.4) is 0 Å². The molecule has 3 heteroatoms. The number of amides is 1. The molecule has 1 aliphatic rings. The SMILES string of the molecule is CC1CCCN(CCCNC(=O)C(C)C)C1. The molecule has 0 spiro atoms. The van der Waals surface area contributed by atoms with Gasteiger partial charge in [-0.25, -0.2) is 0 Å². The second-order valence-corrected chi connectivity index (χ2v) is 5.35. The van der Waals surface area contributed by atoms with Crippen molar-refractivity contribution in [1.29, 1.82) is 0 Å². The Morgan fingerprint density at radius 3 is 2.88 bits per heavy atom. The van der Waals surface area contributed by atoms with Crippen LogP contribution in [-0.4, -0.2) is 37.0 Å². The fourth-order valence-corrected chi connectivity index (χ4v) is 2.21. The van der Waals surface area contributed by atoms with E-state index in [1.807, 2.05) is 13.8 Å². The maximum atomic E-state index is 11.3. The van der Waals surface area contributed by atoms with Gasteiger partial charge in [0.25, 0.3) is 0 Å². The van der Waals surface area contributed by atoms with Crippen LogP contribution >= 0.6 is 0 Å². The van der Waals surface area contributed by atoms with E-state index < -0.39 is 0 Å². The van der Waals surface area contributed by atoms with Crippen molar-refractivity contribution in [2.24, 2.45) is 11.8 Å². The smallest absolute Gasteiger partial charge is 0.222 e. The molecule has 0 aromatic rings. The lowest BCUT2D eigenvalue weighted by atomic mass is 10.0. The van der Waals surface area contributed by atoms with E-state index in [1.165, 1.54) is 25.9 Å². The second-order valence-electron chi connectivity index (χ2n) is 5.35. The highest BCUT2D eigenvalue weighted by Gasteiger charge is 2.15. The molecule has 1 aliphatic heterocycles. The first kappa shape index (κ1) is 13.5. The maximum Gasteiger partial charge on any atom is 0.222 e. The number of nitrogens with zero attached hydrogens (tertiary/aromatic N) is 1. The molecule has 1 atom stereocenters. The Bertz CT molecular complexity index is 216. The van der Waals surface area contributed by atoms with E-state index in [2.05, 4.69) is 17.1 Å². The van der Waals surface area contributed by atoms with Crippen molar-refractivity contribution >= 4 is 5.91 Å². The van der Waals surface area contributed by atoms with Crippen LogP contribution in [-0.2, 0) is 4.79 Å². The highest BCUT2D eigenvalue weighted by molar-refractivity contribution is 5.77. The minimum Gasteiger partial charge on any atom is -0.356 e. The predicted molar refractivity (Wildman–Crippen MR) is 67.3 cm³/mol. The Balaban J connectivity index is 2.04. The Labute approximate surface area is 99.6 Å². The Hall–Kier alpha value is -0.570. The molecule has 1 fully saturated rings. The Morgan fingerprint density at radius 2 is 2.25 bits per heavy atom. The third kappa shape index (κ3) is 4.97. The first-order valence-corrected chi connectivity index (χ1v) is 6.59. The van der Waals surface area contributed by atoms with E-state index in [0.29, 0.717) is 0 Å². The molecule has 94 valence electrons. The van der Waals surface area contributed by atoms with E-state index in [1.54, 1.807) is 0 Å². The van der Waals surface area contributed by atoms with Gasteiger partial charge in [-0.1, -0.05) is 20.8 Å². The lowest BCUT2D eigenvalue weighted by Crippen LogP contribution is -2.37. The summed E-state index contributed by atoms with van der Waals surface area (Å²) in [6.45, 7) is 10.6. The summed E-state index contributed by atoms with van der Waals surface area (Å²) in [4.78, 5) is 13.8. The van der Waals surface area contributed by atoms with Crippen LogP contribution in [0, 0.1) is 11.8 Å². The summed E-state index contributed by atoms with van der Waals surface area (Å²) < 4.78 is 0. The Morgan fingerprint density at radius 1 is 1.50 bits per heavy atom. The second kappa shape index (κ2) is 6.89. The van der Waals surface area contributed by atoms with Crippen LogP contribution in [0.2, 0.25) is 0 Å². The van der Waals surface area contributed by atoms with Crippen molar-refractivity contribution < 1.29 is 4.79 Å². The van der Waals surface area contributed by atoms with Gasteiger partial charge in [0.05, 0.1) is 0 Å². The molecule has 1 saturated heterocycles. The number of piperidine rings is 1. The van der Waals surface area contributed by atoms with Crippen molar-refractivity contribution in [3.05, 3.63) is 0 Å². The van der Waals surface area contributed by atoms with Gasteiger partial charge in [0.2, 0.25) is 5.91 Å². The van der Waals surface area contributed by atoms with Gasteiger partial charge < -0.3 is 10.2 Å². The van der Waals surface area contributed by atoms with E-state index in [9.17, 15) is 4.79 Å². The molecule has 0 bridgehead atoms. The highest BCUT2D eigenvalue weighted by Crippen LogP contribution is 2.15. The molecule has 1 amide bonds. The van der Waals surface area contributed by atoms with Gasteiger partial charge in [0.1, 0.15) is 0 Å². The number of hydrogen-bond donors (Lipinski definition) is 1. The molecule has 0 aliphatic carbocycles. The van der Waals surface area contributed by atoms with Crippen molar-refractivity contribution in [2.75, 3.05) is 26.2 Å². The molecule has 0 aromatic heterocycles. The lowest BCUT2D eigenvalue weighted by molar-refractivity contribution is -0.123. The largest absolute Gasteiger partial charge is 0.356 e. The predicted octanol–water partition coefficient (Wildman–Crippen LogP) is 1.88. The number of nitrogens with one attached hydrogen (secondary N) is 1. The minimum atomic E-state index is 0.106. The molecule has 1 N–H and O–H groups in total. The highest BCUT2D eigenvalue weighted by atomic mass is 16.1. The Kier molecular flexibility index (Phi) is 5.81. The molecule has 0 radical (unpaired) electrons. The number of rotatable bonds is 5. The van der Waals surface area contributed by atoms with Crippen LogP contribution in [0.4, 0.5) is 0 Å². The lowest BCUT2D eigenvalue weighted by Gasteiger charge is -2.30. The minimum absolute atomic E-state index is 0.106. The zero-order valence-electron chi connectivity index (χ0n) is 11.0.